The Morgan fingerprint density at radius 1 is 1.28 bits per heavy atom. The molecule has 2 rings (SSSR count). The van der Waals surface area contributed by atoms with E-state index in [1.165, 1.54) is 0 Å². The van der Waals surface area contributed by atoms with Crippen molar-refractivity contribution < 1.29 is 0 Å². The zero-order valence-electron chi connectivity index (χ0n) is 9.51. The highest BCUT2D eigenvalue weighted by molar-refractivity contribution is 7.71. The molecule has 0 spiro atoms. The van der Waals surface area contributed by atoms with Crippen molar-refractivity contribution in [3.05, 3.63) is 60.2 Å². The van der Waals surface area contributed by atoms with Gasteiger partial charge < -0.3 is 4.98 Å². The number of aromatic amines is 2. The second kappa shape index (κ2) is 5.26. The zero-order chi connectivity index (χ0) is 13.3. The predicted octanol–water partition coefficient (Wildman–Crippen LogP) is 3.64. The first kappa shape index (κ1) is 13.3. The summed E-state index contributed by atoms with van der Waals surface area (Å²) >= 11 is 16.8. The van der Waals surface area contributed by atoms with Crippen LogP contribution in [0.3, 0.4) is 0 Å². The van der Waals surface area contributed by atoms with Crippen LogP contribution < -0.4 is 5.56 Å². The molecular weight excluding hydrogens is 291 g/mol. The molecular formula is C12H10Cl2N2OS. The Labute approximate surface area is 119 Å². The van der Waals surface area contributed by atoms with Gasteiger partial charge in [0.05, 0.1) is 0 Å². The average Bonchev–Trinajstić information content (AvgIpc) is 2.25. The van der Waals surface area contributed by atoms with Crippen molar-refractivity contribution in [1.82, 2.24) is 9.97 Å². The molecule has 0 saturated heterocycles. The van der Waals surface area contributed by atoms with Gasteiger partial charge in [0.15, 0.2) is 4.77 Å². The minimum atomic E-state index is -0.192. The summed E-state index contributed by atoms with van der Waals surface area (Å²) in [6.07, 6.45) is 0.434. The number of benzene rings is 1. The smallest absolute Gasteiger partial charge is 0.255 e. The van der Waals surface area contributed by atoms with E-state index in [2.05, 4.69) is 9.97 Å². The lowest BCUT2D eigenvalue weighted by molar-refractivity contribution is 0.963. The van der Waals surface area contributed by atoms with E-state index < -0.39 is 0 Å². The Morgan fingerprint density at radius 3 is 2.61 bits per heavy atom. The largest absolute Gasteiger partial charge is 0.336 e. The van der Waals surface area contributed by atoms with E-state index in [4.69, 9.17) is 35.4 Å². The number of hydrogen-bond acceptors (Lipinski definition) is 2. The van der Waals surface area contributed by atoms with Crippen molar-refractivity contribution in [3.63, 3.8) is 0 Å². The second-order valence-corrected chi connectivity index (χ2v) is 5.18. The van der Waals surface area contributed by atoms with Gasteiger partial charge in [0, 0.05) is 27.7 Å². The number of halogens is 2. The van der Waals surface area contributed by atoms with Crippen LogP contribution in [0.15, 0.2) is 23.0 Å². The fraction of sp³-hybridized carbons (Fsp3) is 0.167. The van der Waals surface area contributed by atoms with Crippen molar-refractivity contribution in [1.29, 1.82) is 0 Å². The van der Waals surface area contributed by atoms with Crippen LogP contribution in [-0.2, 0) is 6.42 Å². The van der Waals surface area contributed by atoms with Crippen molar-refractivity contribution in [3.8, 4) is 0 Å². The van der Waals surface area contributed by atoms with E-state index in [0.717, 1.165) is 11.3 Å². The van der Waals surface area contributed by atoms with Gasteiger partial charge in [-0.25, -0.2) is 0 Å². The maximum absolute atomic E-state index is 11.8. The summed E-state index contributed by atoms with van der Waals surface area (Å²) in [6.45, 7) is 1.81. The summed E-state index contributed by atoms with van der Waals surface area (Å²) in [7, 11) is 0. The molecule has 0 unspecified atom stereocenters. The molecule has 2 aromatic rings. The standard InChI is InChI=1S/C12H10Cl2N2OS/c1-6-9(11(17)16-12(18)15-6)4-7-2-3-8(13)5-10(7)14/h2-3,5H,4H2,1H3,(H2,15,16,17,18). The number of nitrogens with one attached hydrogen (secondary N) is 2. The number of rotatable bonds is 2. The van der Waals surface area contributed by atoms with Crippen LogP contribution in [0.5, 0.6) is 0 Å². The van der Waals surface area contributed by atoms with Crippen molar-refractivity contribution in [2.45, 2.75) is 13.3 Å². The third-order valence-electron chi connectivity index (χ3n) is 2.64. The summed E-state index contributed by atoms with van der Waals surface area (Å²) in [5.74, 6) is 0. The highest BCUT2D eigenvalue weighted by Gasteiger charge is 2.09. The maximum atomic E-state index is 11.8. The molecule has 0 bridgehead atoms. The van der Waals surface area contributed by atoms with Gasteiger partial charge in [-0.2, -0.15) is 0 Å². The molecule has 2 N–H and O–H groups in total. The molecule has 0 radical (unpaired) electrons. The second-order valence-electron chi connectivity index (χ2n) is 3.92. The Morgan fingerprint density at radius 2 is 2.00 bits per heavy atom. The minimum Gasteiger partial charge on any atom is -0.336 e. The van der Waals surface area contributed by atoms with Crippen molar-refractivity contribution in [2.24, 2.45) is 0 Å². The van der Waals surface area contributed by atoms with Gasteiger partial charge in [-0.3, -0.25) is 9.78 Å². The molecule has 1 aromatic carbocycles. The Hall–Kier alpha value is -1.10. The van der Waals surface area contributed by atoms with Gasteiger partial charge in [-0.15, -0.1) is 0 Å². The third-order valence-corrected chi connectivity index (χ3v) is 3.43. The summed E-state index contributed by atoms with van der Waals surface area (Å²) in [5.41, 5.74) is 2.02. The Kier molecular flexibility index (Phi) is 3.90. The summed E-state index contributed by atoms with van der Waals surface area (Å²) in [4.78, 5) is 17.3. The van der Waals surface area contributed by atoms with Crippen LogP contribution in [0, 0.1) is 11.7 Å². The van der Waals surface area contributed by atoms with E-state index in [-0.39, 0.29) is 5.56 Å². The Bertz CT molecular complexity index is 706. The van der Waals surface area contributed by atoms with E-state index in [1.807, 2.05) is 13.0 Å². The highest BCUT2D eigenvalue weighted by atomic mass is 35.5. The molecule has 6 heteroatoms. The van der Waals surface area contributed by atoms with E-state index in [0.29, 0.717) is 26.8 Å². The first-order valence-corrected chi connectivity index (χ1v) is 6.40. The quantitative estimate of drug-likeness (QED) is 0.832. The summed E-state index contributed by atoms with van der Waals surface area (Å²) in [5, 5.41) is 1.12. The molecule has 0 aliphatic carbocycles. The number of H-pyrrole nitrogens is 2. The van der Waals surface area contributed by atoms with Crippen molar-refractivity contribution >= 4 is 35.4 Å². The first-order chi connectivity index (χ1) is 8.47. The van der Waals surface area contributed by atoms with Crippen LogP contribution in [0.1, 0.15) is 16.8 Å². The highest BCUT2D eigenvalue weighted by Crippen LogP contribution is 2.23. The summed E-state index contributed by atoms with van der Waals surface area (Å²) in [6, 6.07) is 5.22. The van der Waals surface area contributed by atoms with Gasteiger partial charge in [0.25, 0.3) is 5.56 Å². The molecule has 94 valence electrons. The fourth-order valence-electron chi connectivity index (χ4n) is 1.69. The minimum absolute atomic E-state index is 0.192. The van der Waals surface area contributed by atoms with Gasteiger partial charge in [0.1, 0.15) is 0 Å². The van der Waals surface area contributed by atoms with Crippen LogP contribution >= 0.6 is 35.4 Å². The van der Waals surface area contributed by atoms with Crippen molar-refractivity contribution in [2.75, 3.05) is 0 Å². The summed E-state index contributed by atoms with van der Waals surface area (Å²) < 4.78 is 0.323. The molecule has 1 heterocycles. The molecule has 0 saturated carbocycles. The average molecular weight is 301 g/mol. The molecule has 0 fully saturated rings. The van der Waals surface area contributed by atoms with Gasteiger partial charge in [-0.05, 0) is 36.8 Å². The van der Waals surface area contributed by atoms with Crippen LogP contribution in [0.4, 0.5) is 0 Å². The van der Waals surface area contributed by atoms with Crippen LogP contribution in [0.25, 0.3) is 0 Å². The Balaban J connectivity index is 2.46. The van der Waals surface area contributed by atoms with E-state index in [9.17, 15) is 4.79 Å². The van der Waals surface area contributed by atoms with Gasteiger partial charge >= 0.3 is 0 Å². The topological polar surface area (TPSA) is 48.6 Å². The lowest BCUT2D eigenvalue weighted by Crippen LogP contribution is -2.16. The third kappa shape index (κ3) is 2.83. The number of aromatic nitrogens is 2. The zero-order valence-corrected chi connectivity index (χ0v) is 11.8. The van der Waals surface area contributed by atoms with Gasteiger partial charge in [0.2, 0.25) is 0 Å². The lowest BCUT2D eigenvalue weighted by atomic mass is 10.1. The molecule has 3 nitrogen and oxygen atoms in total. The predicted molar refractivity (Wildman–Crippen MR) is 76.3 cm³/mol. The van der Waals surface area contributed by atoms with Crippen LogP contribution in [0.2, 0.25) is 10.0 Å². The molecule has 1 aromatic heterocycles. The fourth-order valence-corrected chi connectivity index (χ4v) is 2.42. The normalized spacial score (nSPS) is 10.6. The molecule has 0 atom stereocenters. The molecule has 0 amide bonds. The monoisotopic (exact) mass is 300 g/mol. The molecule has 18 heavy (non-hydrogen) atoms. The van der Waals surface area contributed by atoms with E-state index >= 15 is 0 Å². The first-order valence-electron chi connectivity index (χ1n) is 5.23. The van der Waals surface area contributed by atoms with Crippen LogP contribution in [-0.4, -0.2) is 9.97 Å². The molecule has 0 aliphatic rings. The molecule has 0 aliphatic heterocycles. The maximum Gasteiger partial charge on any atom is 0.255 e. The number of hydrogen-bond donors (Lipinski definition) is 2. The van der Waals surface area contributed by atoms with E-state index in [1.54, 1.807) is 12.1 Å². The SMILES string of the molecule is Cc1[nH]c(=S)[nH]c(=O)c1Cc1ccc(Cl)cc1Cl. The number of aryl methyl sites for hydroxylation is 1. The lowest BCUT2D eigenvalue weighted by Gasteiger charge is -2.07. The van der Waals surface area contributed by atoms with Gasteiger partial charge in [-0.1, -0.05) is 29.3 Å².